The van der Waals surface area contributed by atoms with Crippen LogP contribution in [-0.4, -0.2) is 42.3 Å². The Hall–Kier alpha value is -2.87. The molecular weight excluding hydrogens is 502 g/mol. The molecule has 0 radical (unpaired) electrons. The maximum absolute atomic E-state index is 13.3. The van der Waals surface area contributed by atoms with Gasteiger partial charge < -0.3 is 19.5 Å². The van der Waals surface area contributed by atoms with Gasteiger partial charge >= 0.3 is 5.97 Å². The molecule has 7 nitrogen and oxygen atoms in total. The molecule has 1 aliphatic heterocycles. The van der Waals surface area contributed by atoms with Crippen molar-refractivity contribution in [3.63, 3.8) is 0 Å². The smallest absolute Gasteiger partial charge is 0.310 e. The molecule has 34 heavy (non-hydrogen) atoms. The van der Waals surface area contributed by atoms with E-state index in [1.165, 1.54) is 0 Å². The predicted molar refractivity (Wildman–Crippen MR) is 126 cm³/mol. The van der Waals surface area contributed by atoms with Crippen LogP contribution in [0, 0.1) is 35.5 Å². The summed E-state index contributed by atoms with van der Waals surface area (Å²) in [5.74, 6) is 1.33. The van der Waals surface area contributed by atoms with Crippen molar-refractivity contribution in [3.05, 3.63) is 54.1 Å². The molecule has 4 saturated carbocycles. The lowest BCUT2D eigenvalue weighted by molar-refractivity contribution is -0.145. The number of ketones is 1. The fraction of sp³-hybridized carbons (Fsp3) is 0.423. The Labute approximate surface area is 205 Å². The van der Waals surface area contributed by atoms with E-state index in [4.69, 9.17) is 14.2 Å². The van der Waals surface area contributed by atoms with Gasteiger partial charge in [-0.3, -0.25) is 14.4 Å². The number of carbonyl (C=O) groups excluding carboxylic acids is 3. The number of anilines is 1. The normalized spacial score (nSPS) is 34.1. The van der Waals surface area contributed by atoms with E-state index in [9.17, 15) is 14.4 Å². The Kier molecular flexibility index (Phi) is 5.17. The largest absolute Gasteiger partial charge is 0.497 e. The summed E-state index contributed by atoms with van der Waals surface area (Å²) in [6.45, 7) is -0.0939. The molecule has 8 heteroatoms. The fourth-order valence-electron chi connectivity index (χ4n) is 6.31. The molecule has 176 valence electrons. The van der Waals surface area contributed by atoms with Gasteiger partial charge in [0.1, 0.15) is 17.6 Å². The molecule has 0 aromatic heterocycles. The highest BCUT2D eigenvalue weighted by atomic mass is 79.9. The number of methoxy groups -OCH3 is 1. The van der Waals surface area contributed by atoms with Crippen LogP contribution in [0.3, 0.4) is 0 Å². The number of hydrogen-bond donors (Lipinski definition) is 1. The molecule has 2 aromatic rings. The lowest BCUT2D eigenvalue weighted by atomic mass is 9.58. The standard InChI is InChI=1S/C26H24BrNO6/c1-32-14-6-2-12(3-7-14)18(29)11-33-15-8-4-13(5-9-15)28-25(30)21-19-16-10-17(16)20-22(21)26(31)34-24(20)23(19)27/h2-9,16-17,19-24H,10-11H2,1H3,(H,28,30)/t16?,17?,19-,20+,21-,22+,23-,24-/m0/s1. The SMILES string of the molecule is COc1ccc(C(=O)COc2ccc(NC(=O)[C@@H]3[C@@H]4C(=O)O[C@@H]5[C@@H](Br)[C@H]3C3CC3[C@@H]54)cc2)cc1. The maximum Gasteiger partial charge on any atom is 0.310 e. The first-order valence-corrected chi connectivity index (χ1v) is 12.4. The van der Waals surface area contributed by atoms with Gasteiger partial charge in [-0.05, 0) is 72.7 Å². The highest BCUT2D eigenvalue weighted by Gasteiger charge is 2.74. The van der Waals surface area contributed by atoms with Crippen LogP contribution in [0.2, 0.25) is 0 Å². The number of halogens is 1. The topological polar surface area (TPSA) is 90.9 Å². The zero-order chi connectivity index (χ0) is 23.6. The molecule has 1 saturated heterocycles. The lowest BCUT2D eigenvalue weighted by Gasteiger charge is -2.46. The van der Waals surface area contributed by atoms with E-state index in [-0.39, 0.29) is 58.9 Å². The molecule has 2 aromatic carbocycles. The fourth-order valence-corrected chi connectivity index (χ4v) is 7.49. The third-order valence-corrected chi connectivity index (χ3v) is 9.02. The van der Waals surface area contributed by atoms with E-state index in [1.807, 2.05) is 0 Å². The molecule has 2 unspecified atom stereocenters. The Morgan fingerprint density at radius 1 is 1.03 bits per heavy atom. The molecule has 4 aliphatic carbocycles. The summed E-state index contributed by atoms with van der Waals surface area (Å²) in [5, 5.41) is 2.99. The van der Waals surface area contributed by atoms with Crippen LogP contribution in [0.4, 0.5) is 5.69 Å². The lowest BCUT2D eigenvalue weighted by Crippen LogP contribution is -2.55. The molecular formula is C26H24BrNO6. The highest BCUT2D eigenvalue weighted by Crippen LogP contribution is 2.70. The zero-order valence-electron chi connectivity index (χ0n) is 18.5. The van der Waals surface area contributed by atoms with E-state index in [0.717, 1.165) is 6.42 Å². The minimum atomic E-state index is -0.373. The Morgan fingerprint density at radius 2 is 1.71 bits per heavy atom. The summed E-state index contributed by atoms with van der Waals surface area (Å²) in [7, 11) is 1.57. The molecule has 1 heterocycles. The van der Waals surface area contributed by atoms with Crippen LogP contribution >= 0.6 is 15.9 Å². The third kappa shape index (κ3) is 3.42. The molecule has 1 N–H and O–H groups in total. The van der Waals surface area contributed by atoms with Crippen molar-refractivity contribution in [1.82, 2.24) is 0 Å². The van der Waals surface area contributed by atoms with Gasteiger partial charge in [0.25, 0.3) is 0 Å². The summed E-state index contributed by atoms with van der Waals surface area (Å²) < 4.78 is 16.4. The van der Waals surface area contributed by atoms with Crippen LogP contribution < -0.4 is 14.8 Å². The quantitative estimate of drug-likeness (QED) is 0.336. The number of esters is 1. The molecule has 5 aliphatic rings. The summed E-state index contributed by atoms with van der Waals surface area (Å²) in [6, 6.07) is 13.8. The number of carbonyl (C=O) groups is 3. The highest BCUT2D eigenvalue weighted by molar-refractivity contribution is 9.09. The second-order valence-corrected chi connectivity index (χ2v) is 10.6. The van der Waals surface area contributed by atoms with Gasteiger partial charge in [0.05, 0.1) is 23.8 Å². The number of hydrogen-bond acceptors (Lipinski definition) is 6. The first-order chi connectivity index (χ1) is 16.5. The van der Waals surface area contributed by atoms with Crippen LogP contribution in [0.5, 0.6) is 11.5 Å². The second-order valence-electron chi connectivity index (χ2n) is 9.57. The van der Waals surface area contributed by atoms with Crippen molar-refractivity contribution in [3.8, 4) is 11.5 Å². The number of alkyl halides is 1. The minimum absolute atomic E-state index is 0.0405. The summed E-state index contributed by atoms with van der Waals surface area (Å²) in [6.07, 6.45) is 0.999. The molecule has 0 spiro atoms. The van der Waals surface area contributed by atoms with Crippen molar-refractivity contribution < 1.29 is 28.6 Å². The Balaban J connectivity index is 1.09. The van der Waals surface area contributed by atoms with E-state index >= 15 is 0 Å². The predicted octanol–water partition coefficient (Wildman–Crippen LogP) is 3.71. The molecule has 1 amide bonds. The van der Waals surface area contributed by atoms with Crippen molar-refractivity contribution >= 4 is 39.3 Å². The van der Waals surface area contributed by atoms with Crippen LogP contribution in [-0.2, 0) is 14.3 Å². The first-order valence-electron chi connectivity index (χ1n) is 11.5. The summed E-state index contributed by atoms with van der Waals surface area (Å²) >= 11 is 3.74. The van der Waals surface area contributed by atoms with Gasteiger partial charge in [-0.25, -0.2) is 0 Å². The summed E-state index contributed by atoms with van der Waals surface area (Å²) in [4.78, 5) is 38.2. The van der Waals surface area contributed by atoms with E-state index in [0.29, 0.717) is 34.6 Å². The van der Waals surface area contributed by atoms with Crippen molar-refractivity contribution in [2.75, 3.05) is 19.0 Å². The number of nitrogens with one attached hydrogen (secondary N) is 1. The summed E-state index contributed by atoms with van der Waals surface area (Å²) in [5.41, 5.74) is 1.17. The van der Waals surface area contributed by atoms with Crippen LogP contribution in [0.15, 0.2) is 48.5 Å². The van der Waals surface area contributed by atoms with Crippen molar-refractivity contribution in [2.45, 2.75) is 17.4 Å². The van der Waals surface area contributed by atoms with Gasteiger partial charge in [-0.2, -0.15) is 0 Å². The molecule has 4 bridgehead atoms. The first kappa shape index (κ1) is 21.6. The van der Waals surface area contributed by atoms with Crippen LogP contribution in [0.25, 0.3) is 0 Å². The van der Waals surface area contributed by atoms with E-state index in [1.54, 1.807) is 55.6 Å². The third-order valence-electron chi connectivity index (χ3n) is 7.89. The number of benzene rings is 2. The maximum atomic E-state index is 13.3. The van der Waals surface area contributed by atoms with Crippen molar-refractivity contribution in [1.29, 1.82) is 0 Å². The average molecular weight is 526 g/mol. The molecule has 8 atom stereocenters. The van der Waals surface area contributed by atoms with Gasteiger partial charge in [0.15, 0.2) is 12.4 Å². The van der Waals surface area contributed by atoms with E-state index < -0.39 is 0 Å². The number of rotatable bonds is 7. The Bertz CT molecular complexity index is 1150. The Morgan fingerprint density at radius 3 is 2.41 bits per heavy atom. The number of Topliss-reactive ketones (excluding diaryl/α,β-unsaturated/α-hetero) is 1. The van der Waals surface area contributed by atoms with E-state index in [2.05, 4.69) is 21.2 Å². The van der Waals surface area contributed by atoms with Gasteiger partial charge in [-0.1, -0.05) is 15.9 Å². The van der Waals surface area contributed by atoms with Crippen LogP contribution in [0.1, 0.15) is 16.8 Å². The van der Waals surface area contributed by atoms with Gasteiger partial charge in [0, 0.05) is 17.2 Å². The second kappa shape index (κ2) is 8.12. The average Bonchev–Trinajstić information content (AvgIpc) is 3.60. The molecule has 7 rings (SSSR count). The molecule has 5 fully saturated rings. The van der Waals surface area contributed by atoms with Crippen molar-refractivity contribution in [2.24, 2.45) is 35.5 Å². The number of ether oxygens (including phenoxy) is 3. The zero-order valence-corrected chi connectivity index (χ0v) is 20.1. The van der Waals surface area contributed by atoms with Gasteiger partial charge in [0.2, 0.25) is 5.91 Å². The number of amides is 1. The van der Waals surface area contributed by atoms with Gasteiger partial charge in [-0.15, -0.1) is 0 Å². The monoisotopic (exact) mass is 525 g/mol. The minimum Gasteiger partial charge on any atom is -0.497 e.